The summed E-state index contributed by atoms with van der Waals surface area (Å²) in [4.78, 5) is 33.3. The lowest BCUT2D eigenvalue weighted by molar-refractivity contribution is -0.131. The van der Waals surface area contributed by atoms with Gasteiger partial charge in [0.2, 0.25) is 0 Å². The van der Waals surface area contributed by atoms with Gasteiger partial charge in [-0.2, -0.15) is 0 Å². The van der Waals surface area contributed by atoms with Gasteiger partial charge in [0.05, 0.1) is 0 Å². The first-order chi connectivity index (χ1) is 12.8. The van der Waals surface area contributed by atoms with E-state index in [0.717, 1.165) is 19.3 Å². The van der Waals surface area contributed by atoms with E-state index in [9.17, 15) is 19.5 Å². The number of aliphatic hydroxyl groups is 1. The third-order valence-electron chi connectivity index (χ3n) is 4.72. The first kappa shape index (κ1) is 20.5. The fraction of sp³-hybridized carbons (Fsp3) is 0.318. The van der Waals surface area contributed by atoms with Gasteiger partial charge in [0.1, 0.15) is 5.60 Å². The van der Waals surface area contributed by atoms with Gasteiger partial charge in [-0.25, -0.2) is 4.79 Å². The maximum atomic E-state index is 12.1. The highest BCUT2D eigenvalue weighted by Crippen LogP contribution is 2.30. The fourth-order valence-corrected chi connectivity index (χ4v) is 3.16. The van der Waals surface area contributed by atoms with Crippen molar-refractivity contribution in [3.8, 4) is 0 Å². The number of benzene rings is 2. The molecule has 0 aliphatic heterocycles. The summed E-state index contributed by atoms with van der Waals surface area (Å²) in [7, 11) is 0. The minimum absolute atomic E-state index is 0.109. The average molecular weight is 368 g/mol. The molecule has 0 saturated heterocycles. The van der Waals surface area contributed by atoms with Gasteiger partial charge in [0, 0.05) is 11.1 Å². The van der Waals surface area contributed by atoms with Crippen molar-refractivity contribution in [1.29, 1.82) is 0 Å². The standard InChI is InChI=1S/C13H16O2.C9H8O3/c14-12(11-7-3-1-4-8-11)13(15)9-5-2-6-10-13;1-6-4-2-3-5-7(6)8(10)9(11)12/h1,3-4,7-8,15H,2,5-6,9-10H2;2-5H,1H3,(H,11,12). The molecule has 0 spiro atoms. The predicted octanol–water partition coefficient (Wildman–Crippen LogP) is 3.83. The number of hydrogen-bond acceptors (Lipinski definition) is 4. The minimum Gasteiger partial charge on any atom is -0.475 e. The van der Waals surface area contributed by atoms with Crippen LogP contribution in [-0.4, -0.2) is 33.3 Å². The largest absolute Gasteiger partial charge is 0.475 e. The second kappa shape index (κ2) is 9.24. The third kappa shape index (κ3) is 5.34. The Labute approximate surface area is 158 Å². The number of Topliss-reactive ketones (excluding diaryl/α,β-unsaturated/α-hetero) is 2. The second-order valence-corrected chi connectivity index (χ2v) is 6.74. The van der Waals surface area contributed by atoms with E-state index < -0.39 is 17.4 Å². The molecule has 142 valence electrons. The Hall–Kier alpha value is -2.79. The smallest absolute Gasteiger partial charge is 0.377 e. The number of aliphatic carboxylic acids is 1. The van der Waals surface area contributed by atoms with E-state index in [1.807, 2.05) is 18.2 Å². The van der Waals surface area contributed by atoms with Crippen LogP contribution in [0.4, 0.5) is 0 Å². The molecule has 2 aromatic rings. The van der Waals surface area contributed by atoms with Crippen molar-refractivity contribution in [3.05, 3.63) is 71.3 Å². The molecule has 2 N–H and O–H groups in total. The summed E-state index contributed by atoms with van der Waals surface area (Å²) in [5.74, 6) is -2.37. The number of carboxylic acid groups (broad SMARTS) is 1. The van der Waals surface area contributed by atoms with E-state index in [2.05, 4.69) is 0 Å². The molecule has 5 nitrogen and oxygen atoms in total. The van der Waals surface area contributed by atoms with Crippen molar-refractivity contribution >= 4 is 17.5 Å². The van der Waals surface area contributed by atoms with Gasteiger partial charge in [0.25, 0.3) is 5.78 Å². The van der Waals surface area contributed by atoms with Crippen LogP contribution in [0.25, 0.3) is 0 Å². The molecule has 0 amide bonds. The fourth-order valence-electron chi connectivity index (χ4n) is 3.16. The molecule has 2 aromatic carbocycles. The van der Waals surface area contributed by atoms with Gasteiger partial charge in [0.15, 0.2) is 5.78 Å². The lowest BCUT2D eigenvalue weighted by Crippen LogP contribution is -2.40. The average Bonchev–Trinajstić information content (AvgIpc) is 2.69. The Morgan fingerprint density at radius 3 is 1.96 bits per heavy atom. The van der Waals surface area contributed by atoms with Crippen molar-refractivity contribution in [3.63, 3.8) is 0 Å². The molecule has 5 heteroatoms. The zero-order chi connectivity index (χ0) is 19.9. The summed E-state index contributed by atoms with van der Waals surface area (Å²) in [5, 5.41) is 18.7. The monoisotopic (exact) mass is 368 g/mol. The number of carbonyl (C=O) groups excluding carboxylic acids is 2. The van der Waals surface area contributed by atoms with E-state index in [1.54, 1.807) is 37.3 Å². The molecule has 0 heterocycles. The molecule has 0 radical (unpaired) electrons. The Kier molecular flexibility index (Phi) is 7.02. The Morgan fingerprint density at radius 2 is 1.41 bits per heavy atom. The number of hydrogen-bond donors (Lipinski definition) is 2. The van der Waals surface area contributed by atoms with Gasteiger partial charge in [-0.3, -0.25) is 9.59 Å². The topological polar surface area (TPSA) is 91.7 Å². The first-order valence-electron chi connectivity index (χ1n) is 9.00. The molecule has 3 rings (SSSR count). The number of aryl methyl sites for hydroxylation is 1. The first-order valence-corrected chi connectivity index (χ1v) is 9.00. The van der Waals surface area contributed by atoms with E-state index in [-0.39, 0.29) is 11.3 Å². The van der Waals surface area contributed by atoms with Crippen molar-refractivity contribution in [1.82, 2.24) is 0 Å². The van der Waals surface area contributed by atoms with Crippen LogP contribution in [0.5, 0.6) is 0 Å². The SMILES string of the molecule is Cc1ccccc1C(=O)C(=O)O.O=C(c1ccccc1)C1(O)CCCCC1. The highest BCUT2D eigenvalue weighted by Gasteiger charge is 2.37. The second-order valence-electron chi connectivity index (χ2n) is 6.74. The van der Waals surface area contributed by atoms with Crippen molar-refractivity contribution in [2.45, 2.75) is 44.6 Å². The molecule has 0 atom stereocenters. The van der Waals surface area contributed by atoms with Crippen LogP contribution >= 0.6 is 0 Å². The highest BCUT2D eigenvalue weighted by molar-refractivity contribution is 6.40. The van der Waals surface area contributed by atoms with Crippen LogP contribution in [0, 0.1) is 6.92 Å². The summed E-state index contributed by atoms with van der Waals surface area (Å²) in [6, 6.07) is 15.7. The number of rotatable bonds is 4. The van der Waals surface area contributed by atoms with Gasteiger partial charge < -0.3 is 10.2 Å². The molecule has 0 unspecified atom stereocenters. The Morgan fingerprint density at radius 1 is 0.852 bits per heavy atom. The summed E-state index contributed by atoms with van der Waals surface area (Å²) in [6.07, 6.45) is 4.26. The van der Waals surface area contributed by atoms with Crippen LogP contribution in [0.1, 0.15) is 58.4 Å². The van der Waals surface area contributed by atoms with Crippen LogP contribution < -0.4 is 0 Å². The van der Waals surface area contributed by atoms with Gasteiger partial charge >= 0.3 is 5.97 Å². The number of ketones is 2. The van der Waals surface area contributed by atoms with Crippen LogP contribution in [-0.2, 0) is 4.79 Å². The van der Waals surface area contributed by atoms with Crippen molar-refractivity contribution in [2.75, 3.05) is 0 Å². The van der Waals surface area contributed by atoms with Gasteiger partial charge in [-0.15, -0.1) is 0 Å². The third-order valence-corrected chi connectivity index (χ3v) is 4.72. The molecule has 1 aliphatic rings. The van der Waals surface area contributed by atoms with E-state index in [1.165, 1.54) is 6.07 Å². The summed E-state index contributed by atoms with van der Waals surface area (Å²) in [5.41, 5.74) is 0.469. The molecule has 0 aromatic heterocycles. The van der Waals surface area contributed by atoms with Gasteiger partial charge in [-0.1, -0.05) is 73.9 Å². The minimum atomic E-state index is -1.41. The number of carboxylic acids is 1. The van der Waals surface area contributed by atoms with E-state index >= 15 is 0 Å². The maximum absolute atomic E-state index is 12.1. The van der Waals surface area contributed by atoms with Crippen molar-refractivity contribution < 1.29 is 24.6 Å². The molecule has 1 saturated carbocycles. The Bertz CT molecular complexity index is 804. The predicted molar refractivity (Wildman–Crippen MR) is 102 cm³/mol. The maximum Gasteiger partial charge on any atom is 0.377 e. The molecule has 0 bridgehead atoms. The van der Waals surface area contributed by atoms with Crippen molar-refractivity contribution in [2.24, 2.45) is 0 Å². The summed E-state index contributed by atoms with van der Waals surface area (Å²) >= 11 is 0. The number of carbonyl (C=O) groups is 3. The molecule has 27 heavy (non-hydrogen) atoms. The zero-order valence-corrected chi connectivity index (χ0v) is 15.4. The Balaban J connectivity index is 0.000000199. The molecular weight excluding hydrogens is 344 g/mol. The lowest BCUT2D eigenvalue weighted by Gasteiger charge is -2.30. The zero-order valence-electron chi connectivity index (χ0n) is 15.4. The lowest BCUT2D eigenvalue weighted by atomic mass is 9.79. The molecular formula is C22H24O5. The van der Waals surface area contributed by atoms with Crippen LogP contribution in [0.2, 0.25) is 0 Å². The highest BCUT2D eigenvalue weighted by atomic mass is 16.4. The van der Waals surface area contributed by atoms with E-state index in [4.69, 9.17) is 5.11 Å². The summed E-state index contributed by atoms with van der Waals surface area (Å²) in [6.45, 7) is 1.70. The summed E-state index contributed by atoms with van der Waals surface area (Å²) < 4.78 is 0. The van der Waals surface area contributed by atoms with Gasteiger partial charge in [-0.05, 0) is 25.3 Å². The van der Waals surface area contributed by atoms with Crippen LogP contribution in [0.15, 0.2) is 54.6 Å². The quantitative estimate of drug-likeness (QED) is 0.632. The van der Waals surface area contributed by atoms with E-state index in [0.29, 0.717) is 24.0 Å². The molecule has 1 aliphatic carbocycles. The molecule has 1 fully saturated rings. The normalized spacial score (nSPS) is 15.2. The van der Waals surface area contributed by atoms with Crippen LogP contribution in [0.3, 0.4) is 0 Å².